The molecule has 32 heavy (non-hydrogen) atoms. The second-order valence-electron chi connectivity index (χ2n) is 7.79. The van der Waals surface area contributed by atoms with Gasteiger partial charge in [-0.3, -0.25) is 4.79 Å². The van der Waals surface area contributed by atoms with Crippen molar-refractivity contribution < 1.29 is 14.3 Å². The topological polar surface area (TPSA) is 76.6 Å². The third kappa shape index (κ3) is 4.99. The lowest BCUT2D eigenvalue weighted by molar-refractivity contribution is -0.125. The molecular formula is C25H28N4O3. The Balaban J connectivity index is 1.42. The number of nitrogens with zero attached hydrogens (tertiary/aromatic N) is 3. The van der Waals surface area contributed by atoms with Gasteiger partial charge in [0.05, 0.1) is 20.1 Å². The number of aromatic nitrogens is 2. The van der Waals surface area contributed by atoms with Gasteiger partial charge in [-0.25, -0.2) is 9.97 Å². The fraction of sp³-hybridized carbons (Fsp3) is 0.320. The Labute approximate surface area is 188 Å². The van der Waals surface area contributed by atoms with Gasteiger partial charge >= 0.3 is 0 Å². The molecule has 1 aromatic heterocycles. The van der Waals surface area contributed by atoms with E-state index in [0.717, 1.165) is 47.8 Å². The summed E-state index contributed by atoms with van der Waals surface area (Å²) in [5.74, 6) is 2.95. The highest BCUT2D eigenvalue weighted by atomic mass is 16.5. The van der Waals surface area contributed by atoms with Gasteiger partial charge < -0.3 is 19.7 Å². The summed E-state index contributed by atoms with van der Waals surface area (Å²) < 4.78 is 10.7. The normalized spacial score (nSPS) is 15.8. The summed E-state index contributed by atoms with van der Waals surface area (Å²) in [5.41, 5.74) is 1.86. The molecule has 166 valence electrons. The van der Waals surface area contributed by atoms with Crippen LogP contribution in [0.4, 0.5) is 5.82 Å². The van der Waals surface area contributed by atoms with Crippen molar-refractivity contribution in [3.05, 3.63) is 66.4 Å². The van der Waals surface area contributed by atoms with Gasteiger partial charge in [0.1, 0.15) is 17.3 Å². The van der Waals surface area contributed by atoms with Gasteiger partial charge in [0.2, 0.25) is 5.91 Å². The first-order valence-corrected chi connectivity index (χ1v) is 10.8. The van der Waals surface area contributed by atoms with Gasteiger partial charge in [0.15, 0.2) is 5.82 Å². The predicted molar refractivity (Wildman–Crippen MR) is 124 cm³/mol. The minimum Gasteiger partial charge on any atom is -0.497 e. The zero-order chi connectivity index (χ0) is 22.3. The molecule has 7 heteroatoms. The van der Waals surface area contributed by atoms with Crippen LogP contribution in [-0.4, -0.2) is 43.2 Å². The molecular weight excluding hydrogens is 404 g/mol. The van der Waals surface area contributed by atoms with Crippen LogP contribution in [0.5, 0.6) is 11.5 Å². The van der Waals surface area contributed by atoms with Crippen LogP contribution in [0.2, 0.25) is 0 Å². The molecule has 4 rings (SSSR count). The number of carbonyl (C=O) groups is 1. The fourth-order valence-corrected chi connectivity index (χ4v) is 4.00. The number of nitrogens with one attached hydrogen (secondary N) is 1. The second kappa shape index (κ2) is 10.1. The maximum Gasteiger partial charge on any atom is 0.225 e. The van der Waals surface area contributed by atoms with E-state index >= 15 is 0 Å². The van der Waals surface area contributed by atoms with Crippen LogP contribution in [0.3, 0.4) is 0 Å². The Morgan fingerprint density at radius 3 is 2.75 bits per heavy atom. The van der Waals surface area contributed by atoms with Crippen LogP contribution in [0.1, 0.15) is 18.4 Å². The van der Waals surface area contributed by atoms with Crippen LogP contribution in [0, 0.1) is 5.92 Å². The van der Waals surface area contributed by atoms with Crippen molar-refractivity contribution in [2.45, 2.75) is 19.4 Å². The molecule has 1 atom stereocenters. The number of hydrogen-bond acceptors (Lipinski definition) is 6. The quantitative estimate of drug-likeness (QED) is 0.614. The molecule has 1 unspecified atom stereocenters. The summed E-state index contributed by atoms with van der Waals surface area (Å²) in [4.78, 5) is 24.3. The first-order valence-electron chi connectivity index (χ1n) is 10.8. The van der Waals surface area contributed by atoms with Gasteiger partial charge in [-0.05, 0) is 37.1 Å². The monoisotopic (exact) mass is 432 g/mol. The zero-order valence-corrected chi connectivity index (χ0v) is 18.5. The van der Waals surface area contributed by atoms with Crippen molar-refractivity contribution in [3.8, 4) is 22.9 Å². The van der Waals surface area contributed by atoms with Crippen molar-refractivity contribution >= 4 is 11.7 Å². The Bertz CT molecular complexity index is 1060. The Kier molecular flexibility index (Phi) is 6.84. The standard InChI is InChI=1S/C25H28N4O3/c1-31-21-10-11-22(32-2)20(15-21)16-27-25(30)19-9-6-14-29(17-19)23-12-13-26-24(28-23)18-7-4-3-5-8-18/h3-5,7-8,10-13,15,19H,6,9,14,16-17H2,1-2H3,(H,27,30). The number of methoxy groups -OCH3 is 2. The smallest absolute Gasteiger partial charge is 0.225 e. The molecule has 0 aliphatic carbocycles. The van der Waals surface area contributed by atoms with E-state index < -0.39 is 0 Å². The first-order chi connectivity index (χ1) is 15.7. The summed E-state index contributed by atoms with van der Waals surface area (Å²) >= 11 is 0. The highest BCUT2D eigenvalue weighted by Gasteiger charge is 2.27. The lowest BCUT2D eigenvalue weighted by atomic mass is 9.97. The fourth-order valence-electron chi connectivity index (χ4n) is 4.00. The summed E-state index contributed by atoms with van der Waals surface area (Å²) in [6.07, 6.45) is 3.57. The molecule has 0 bridgehead atoms. The number of benzene rings is 2. The Hall–Kier alpha value is -3.61. The van der Waals surface area contributed by atoms with Crippen molar-refractivity contribution in [1.29, 1.82) is 0 Å². The first kappa shape index (κ1) is 21.6. The van der Waals surface area contributed by atoms with E-state index in [1.54, 1.807) is 20.4 Å². The van der Waals surface area contributed by atoms with E-state index in [9.17, 15) is 4.79 Å². The minimum atomic E-state index is -0.101. The minimum absolute atomic E-state index is 0.0388. The summed E-state index contributed by atoms with van der Waals surface area (Å²) in [5, 5.41) is 3.07. The van der Waals surface area contributed by atoms with E-state index in [0.29, 0.717) is 18.9 Å². The zero-order valence-electron chi connectivity index (χ0n) is 18.5. The molecule has 3 aromatic rings. The van der Waals surface area contributed by atoms with E-state index in [1.165, 1.54) is 0 Å². The molecule has 2 heterocycles. The largest absolute Gasteiger partial charge is 0.497 e. The number of amides is 1. The molecule has 1 aliphatic heterocycles. The summed E-state index contributed by atoms with van der Waals surface area (Å²) in [6, 6.07) is 17.4. The van der Waals surface area contributed by atoms with E-state index in [-0.39, 0.29) is 11.8 Å². The number of rotatable bonds is 7. The van der Waals surface area contributed by atoms with Crippen molar-refractivity contribution in [2.75, 3.05) is 32.2 Å². The van der Waals surface area contributed by atoms with E-state index in [1.807, 2.05) is 54.6 Å². The maximum atomic E-state index is 12.9. The molecule has 1 fully saturated rings. The average molecular weight is 433 g/mol. The average Bonchev–Trinajstić information content (AvgIpc) is 2.87. The third-order valence-electron chi connectivity index (χ3n) is 5.73. The van der Waals surface area contributed by atoms with E-state index in [4.69, 9.17) is 14.5 Å². The van der Waals surface area contributed by atoms with Crippen LogP contribution in [-0.2, 0) is 11.3 Å². The molecule has 0 radical (unpaired) electrons. The second-order valence-corrected chi connectivity index (χ2v) is 7.79. The molecule has 1 aliphatic rings. The predicted octanol–water partition coefficient (Wildman–Crippen LogP) is 3.69. The van der Waals surface area contributed by atoms with Gasteiger partial charge in [0.25, 0.3) is 0 Å². The molecule has 2 aromatic carbocycles. The number of anilines is 1. The number of ether oxygens (including phenoxy) is 2. The molecule has 0 saturated carbocycles. The van der Waals surface area contributed by atoms with Crippen LogP contribution in [0.15, 0.2) is 60.8 Å². The SMILES string of the molecule is COc1ccc(OC)c(CNC(=O)C2CCCN(c3ccnc(-c4ccccc4)n3)C2)c1. The summed E-state index contributed by atoms with van der Waals surface area (Å²) in [6.45, 7) is 1.90. The van der Waals surface area contributed by atoms with Gasteiger partial charge in [0, 0.05) is 37.0 Å². The molecule has 1 amide bonds. The highest BCUT2D eigenvalue weighted by molar-refractivity contribution is 5.79. The molecule has 1 saturated heterocycles. The lowest BCUT2D eigenvalue weighted by Crippen LogP contribution is -2.43. The van der Waals surface area contributed by atoms with Gasteiger partial charge in [-0.15, -0.1) is 0 Å². The van der Waals surface area contributed by atoms with Crippen molar-refractivity contribution in [1.82, 2.24) is 15.3 Å². The van der Waals surface area contributed by atoms with Gasteiger partial charge in [-0.1, -0.05) is 30.3 Å². The van der Waals surface area contributed by atoms with Crippen LogP contribution in [0.25, 0.3) is 11.4 Å². The number of piperidine rings is 1. The lowest BCUT2D eigenvalue weighted by Gasteiger charge is -2.33. The Morgan fingerprint density at radius 2 is 1.97 bits per heavy atom. The third-order valence-corrected chi connectivity index (χ3v) is 5.73. The van der Waals surface area contributed by atoms with Crippen LogP contribution < -0.4 is 19.7 Å². The maximum absolute atomic E-state index is 12.9. The summed E-state index contributed by atoms with van der Waals surface area (Å²) in [7, 11) is 3.24. The molecule has 7 nitrogen and oxygen atoms in total. The molecule has 1 N–H and O–H groups in total. The van der Waals surface area contributed by atoms with Gasteiger partial charge in [-0.2, -0.15) is 0 Å². The van der Waals surface area contributed by atoms with E-state index in [2.05, 4.69) is 15.2 Å². The number of hydrogen-bond donors (Lipinski definition) is 1. The van der Waals surface area contributed by atoms with Crippen molar-refractivity contribution in [3.63, 3.8) is 0 Å². The number of carbonyl (C=O) groups excluding carboxylic acids is 1. The van der Waals surface area contributed by atoms with Crippen LogP contribution >= 0.6 is 0 Å². The molecule has 0 spiro atoms. The van der Waals surface area contributed by atoms with Crippen molar-refractivity contribution in [2.24, 2.45) is 5.92 Å². The Morgan fingerprint density at radius 1 is 1.12 bits per heavy atom. The highest BCUT2D eigenvalue weighted by Crippen LogP contribution is 2.26.